The fourth-order valence-corrected chi connectivity index (χ4v) is 1.94. The number of piperidine rings is 1. The van der Waals surface area contributed by atoms with Gasteiger partial charge in [0.1, 0.15) is 5.82 Å². The number of rotatable bonds is 1. The second-order valence-electron chi connectivity index (χ2n) is 4.83. The van der Waals surface area contributed by atoms with Crippen LogP contribution in [0.4, 0.5) is 5.82 Å². The van der Waals surface area contributed by atoms with Crippen LogP contribution < -0.4 is 10.6 Å². The largest absolute Gasteiger partial charge is 0.356 e. The van der Waals surface area contributed by atoms with Gasteiger partial charge in [0.2, 0.25) is 0 Å². The summed E-state index contributed by atoms with van der Waals surface area (Å²) in [5.41, 5.74) is 7.38. The van der Waals surface area contributed by atoms with Crippen molar-refractivity contribution >= 4 is 5.82 Å². The molecular weight excluding hydrogens is 186 g/mol. The number of pyridine rings is 1. The molecule has 2 rings (SSSR count). The summed E-state index contributed by atoms with van der Waals surface area (Å²) in [6.07, 6.45) is 3.96. The SMILES string of the molecule is Cc1ccnc(N2CCC(C)(N)CC2)c1. The Morgan fingerprint density at radius 1 is 1.40 bits per heavy atom. The average Bonchev–Trinajstić information content (AvgIpc) is 2.17. The number of nitrogens with zero attached hydrogens (tertiary/aromatic N) is 2. The molecule has 1 aromatic rings. The van der Waals surface area contributed by atoms with E-state index in [-0.39, 0.29) is 5.54 Å². The van der Waals surface area contributed by atoms with E-state index in [2.05, 4.69) is 29.8 Å². The standard InChI is InChI=1S/C12H19N3/c1-10-3-6-14-11(9-10)15-7-4-12(2,13)5-8-15/h3,6,9H,4-5,7-8,13H2,1-2H3. The minimum Gasteiger partial charge on any atom is -0.356 e. The zero-order valence-electron chi connectivity index (χ0n) is 9.53. The second-order valence-corrected chi connectivity index (χ2v) is 4.83. The highest BCUT2D eigenvalue weighted by atomic mass is 15.2. The molecule has 0 unspecified atom stereocenters. The maximum Gasteiger partial charge on any atom is 0.128 e. The van der Waals surface area contributed by atoms with Crippen molar-refractivity contribution in [1.82, 2.24) is 4.98 Å². The van der Waals surface area contributed by atoms with E-state index in [4.69, 9.17) is 5.73 Å². The van der Waals surface area contributed by atoms with E-state index in [0.717, 1.165) is 31.7 Å². The minimum absolute atomic E-state index is 0.0142. The van der Waals surface area contributed by atoms with E-state index in [0.29, 0.717) is 0 Å². The van der Waals surface area contributed by atoms with Gasteiger partial charge in [0, 0.05) is 24.8 Å². The molecule has 3 heteroatoms. The van der Waals surface area contributed by atoms with E-state index in [1.54, 1.807) is 0 Å². The average molecular weight is 205 g/mol. The van der Waals surface area contributed by atoms with E-state index >= 15 is 0 Å². The summed E-state index contributed by atoms with van der Waals surface area (Å²) in [4.78, 5) is 6.72. The van der Waals surface area contributed by atoms with Crippen LogP contribution in [0.3, 0.4) is 0 Å². The zero-order chi connectivity index (χ0) is 10.9. The van der Waals surface area contributed by atoms with Gasteiger partial charge >= 0.3 is 0 Å². The van der Waals surface area contributed by atoms with Crippen LogP contribution in [0.5, 0.6) is 0 Å². The molecule has 0 spiro atoms. The summed E-state index contributed by atoms with van der Waals surface area (Å²) in [7, 11) is 0. The van der Waals surface area contributed by atoms with Crippen LogP contribution in [-0.4, -0.2) is 23.6 Å². The monoisotopic (exact) mass is 205 g/mol. The van der Waals surface area contributed by atoms with Crippen LogP contribution in [0.25, 0.3) is 0 Å². The predicted octanol–water partition coefficient (Wildman–Crippen LogP) is 1.71. The van der Waals surface area contributed by atoms with Gasteiger partial charge in [-0.2, -0.15) is 0 Å². The summed E-state index contributed by atoms with van der Waals surface area (Å²) in [5, 5.41) is 0. The molecule has 0 aliphatic carbocycles. The number of aromatic nitrogens is 1. The van der Waals surface area contributed by atoms with Gasteiger partial charge in [-0.05, 0) is 44.4 Å². The molecule has 0 aromatic carbocycles. The molecule has 2 N–H and O–H groups in total. The molecule has 0 atom stereocenters. The molecule has 15 heavy (non-hydrogen) atoms. The van der Waals surface area contributed by atoms with Crippen molar-refractivity contribution in [3.8, 4) is 0 Å². The van der Waals surface area contributed by atoms with Gasteiger partial charge in [0.15, 0.2) is 0 Å². The molecule has 2 heterocycles. The van der Waals surface area contributed by atoms with Crippen LogP contribution in [0.15, 0.2) is 18.3 Å². The number of aryl methyl sites for hydroxylation is 1. The minimum atomic E-state index is 0.0142. The van der Waals surface area contributed by atoms with Gasteiger partial charge in [0.05, 0.1) is 0 Å². The molecule has 1 saturated heterocycles. The predicted molar refractivity (Wildman–Crippen MR) is 63.0 cm³/mol. The van der Waals surface area contributed by atoms with Crippen molar-refractivity contribution in [2.75, 3.05) is 18.0 Å². The molecule has 1 aromatic heterocycles. The highest BCUT2D eigenvalue weighted by Crippen LogP contribution is 2.23. The number of nitrogens with two attached hydrogens (primary N) is 1. The van der Waals surface area contributed by atoms with E-state index in [1.165, 1.54) is 5.56 Å². The van der Waals surface area contributed by atoms with Crippen molar-refractivity contribution in [3.05, 3.63) is 23.9 Å². The van der Waals surface area contributed by atoms with Gasteiger partial charge in [-0.15, -0.1) is 0 Å². The molecule has 0 bridgehead atoms. The zero-order valence-corrected chi connectivity index (χ0v) is 9.53. The molecule has 3 nitrogen and oxygen atoms in total. The Balaban J connectivity index is 2.08. The lowest BCUT2D eigenvalue weighted by molar-refractivity contribution is 0.363. The van der Waals surface area contributed by atoms with Gasteiger partial charge < -0.3 is 10.6 Å². The lowest BCUT2D eigenvalue weighted by Gasteiger charge is -2.37. The fourth-order valence-electron chi connectivity index (χ4n) is 1.94. The second kappa shape index (κ2) is 3.81. The van der Waals surface area contributed by atoms with Crippen LogP contribution in [0, 0.1) is 6.92 Å². The third kappa shape index (κ3) is 2.48. The topological polar surface area (TPSA) is 42.2 Å². The van der Waals surface area contributed by atoms with Gasteiger partial charge in [-0.1, -0.05) is 0 Å². The molecular formula is C12H19N3. The Labute approximate surface area is 91.3 Å². The summed E-state index contributed by atoms with van der Waals surface area (Å²) in [6.45, 7) is 6.27. The van der Waals surface area contributed by atoms with Crippen molar-refractivity contribution in [2.45, 2.75) is 32.2 Å². The molecule has 82 valence electrons. The number of anilines is 1. The first-order valence-electron chi connectivity index (χ1n) is 5.53. The molecule has 1 aliphatic heterocycles. The van der Waals surface area contributed by atoms with Crippen LogP contribution in [0.2, 0.25) is 0 Å². The third-order valence-electron chi connectivity index (χ3n) is 3.13. The maximum atomic E-state index is 6.10. The summed E-state index contributed by atoms with van der Waals surface area (Å²) >= 11 is 0. The normalized spacial score (nSPS) is 20.3. The molecule has 0 radical (unpaired) electrons. The highest BCUT2D eigenvalue weighted by Gasteiger charge is 2.26. The summed E-state index contributed by atoms with van der Waals surface area (Å²) in [6, 6.07) is 4.17. The Morgan fingerprint density at radius 3 is 2.67 bits per heavy atom. The first-order valence-corrected chi connectivity index (χ1v) is 5.53. The Bertz CT molecular complexity index is 336. The van der Waals surface area contributed by atoms with Crippen molar-refractivity contribution in [2.24, 2.45) is 5.73 Å². The third-order valence-corrected chi connectivity index (χ3v) is 3.13. The van der Waals surface area contributed by atoms with E-state index in [9.17, 15) is 0 Å². The van der Waals surface area contributed by atoms with Gasteiger partial charge in [-0.3, -0.25) is 0 Å². The first kappa shape index (κ1) is 10.4. The lowest BCUT2D eigenvalue weighted by atomic mass is 9.91. The van der Waals surface area contributed by atoms with E-state index < -0.39 is 0 Å². The summed E-state index contributed by atoms with van der Waals surface area (Å²) in [5.74, 6) is 1.09. The fraction of sp³-hybridized carbons (Fsp3) is 0.583. The first-order chi connectivity index (χ1) is 7.07. The number of hydrogen-bond donors (Lipinski definition) is 1. The Hall–Kier alpha value is -1.09. The van der Waals surface area contributed by atoms with Gasteiger partial charge in [-0.25, -0.2) is 4.98 Å². The smallest absolute Gasteiger partial charge is 0.128 e. The van der Waals surface area contributed by atoms with Crippen LogP contribution in [0.1, 0.15) is 25.3 Å². The molecule has 1 fully saturated rings. The summed E-state index contributed by atoms with van der Waals surface area (Å²) < 4.78 is 0. The number of hydrogen-bond acceptors (Lipinski definition) is 3. The molecule has 1 aliphatic rings. The van der Waals surface area contributed by atoms with Crippen molar-refractivity contribution in [1.29, 1.82) is 0 Å². The maximum absolute atomic E-state index is 6.10. The lowest BCUT2D eigenvalue weighted by Crippen LogP contribution is -2.48. The highest BCUT2D eigenvalue weighted by molar-refractivity contribution is 5.41. The molecule has 0 saturated carbocycles. The van der Waals surface area contributed by atoms with Crippen LogP contribution in [-0.2, 0) is 0 Å². The van der Waals surface area contributed by atoms with Crippen molar-refractivity contribution in [3.63, 3.8) is 0 Å². The van der Waals surface area contributed by atoms with Crippen molar-refractivity contribution < 1.29 is 0 Å². The Kier molecular flexibility index (Phi) is 2.65. The van der Waals surface area contributed by atoms with E-state index in [1.807, 2.05) is 12.3 Å². The quantitative estimate of drug-likeness (QED) is 0.759. The Morgan fingerprint density at radius 2 is 2.07 bits per heavy atom. The molecule has 0 amide bonds. The van der Waals surface area contributed by atoms with Crippen LogP contribution >= 0.6 is 0 Å². The van der Waals surface area contributed by atoms with Gasteiger partial charge in [0.25, 0.3) is 0 Å².